The Morgan fingerprint density at radius 1 is 1.10 bits per heavy atom. The van der Waals surface area contributed by atoms with Gasteiger partial charge in [-0.05, 0) is 30.3 Å². The third-order valence-electron chi connectivity index (χ3n) is 3.17. The van der Waals surface area contributed by atoms with Crippen LogP contribution in [0.3, 0.4) is 0 Å². The van der Waals surface area contributed by atoms with Gasteiger partial charge in [0, 0.05) is 18.0 Å². The van der Waals surface area contributed by atoms with Crippen molar-refractivity contribution in [3.05, 3.63) is 53.7 Å². The summed E-state index contributed by atoms with van der Waals surface area (Å²) in [4.78, 5) is 4.66. The summed E-state index contributed by atoms with van der Waals surface area (Å²) in [6.07, 6.45) is 0. The number of ether oxygens (including phenoxy) is 1. The Balaban J connectivity index is 2.30. The van der Waals surface area contributed by atoms with Gasteiger partial charge < -0.3 is 10.1 Å². The summed E-state index contributed by atoms with van der Waals surface area (Å²) in [7, 11) is 0. The van der Waals surface area contributed by atoms with E-state index in [1.54, 1.807) is 0 Å². The van der Waals surface area contributed by atoms with Crippen molar-refractivity contribution in [2.24, 2.45) is 0 Å². The van der Waals surface area contributed by atoms with Crippen molar-refractivity contribution in [2.45, 2.75) is 39.7 Å². The Morgan fingerprint density at radius 3 is 2.43 bits per heavy atom. The molecule has 3 heteroatoms. The number of para-hydroxylation sites is 1. The summed E-state index contributed by atoms with van der Waals surface area (Å²) in [6, 6.07) is 13.9. The standard InChI is InChI=1S/C18H24N2O/c1-5-19-13-14-11-16(18(2,3)4)20-17(12-14)21-15-9-7-6-8-10-15/h6-12,19H,5,13H2,1-4H3. The van der Waals surface area contributed by atoms with Crippen LogP contribution in [0, 0.1) is 0 Å². The molecule has 112 valence electrons. The molecule has 21 heavy (non-hydrogen) atoms. The van der Waals surface area contributed by atoms with E-state index in [1.165, 1.54) is 5.56 Å². The minimum absolute atomic E-state index is 0.00295. The number of aromatic nitrogens is 1. The molecule has 0 spiro atoms. The number of rotatable bonds is 5. The topological polar surface area (TPSA) is 34.1 Å². The predicted molar refractivity (Wildman–Crippen MR) is 86.8 cm³/mol. The number of hydrogen-bond acceptors (Lipinski definition) is 3. The molecule has 3 nitrogen and oxygen atoms in total. The number of pyridine rings is 1. The molecule has 2 aromatic rings. The van der Waals surface area contributed by atoms with E-state index in [-0.39, 0.29) is 5.41 Å². The van der Waals surface area contributed by atoms with Crippen LogP contribution >= 0.6 is 0 Å². The van der Waals surface area contributed by atoms with E-state index >= 15 is 0 Å². The van der Waals surface area contributed by atoms with Gasteiger partial charge in [0.2, 0.25) is 5.88 Å². The van der Waals surface area contributed by atoms with E-state index in [0.29, 0.717) is 5.88 Å². The fourth-order valence-corrected chi connectivity index (χ4v) is 1.98. The molecule has 0 atom stereocenters. The SMILES string of the molecule is CCNCc1cc(Oc2ccccc2)nc(C(C)(C)C)c1. The average Bonchev–Trinajstić information content (AvgIpc) is 2.45. The van der Waals surface area contributed by atoms with Gasteiger partial charge in [0.25, 0.3) is 0 Å². The second-order valence-corrected chi connectivity index (χ2v) is 6.14. The van der Waals surface area contributed by atoms with Gasteiger partial charge >= 0.3 is 0 Å². The Morgan fingerprint density at radius 2 is 1.81 bits per heavy atom. The van der Waals surface area contributed by atoms with Crippen LogP contribution in [0.25, 0.3) is 0 Å². The van der Waals surface area contributed by atoms with E-state index < -0.39 is 0 Å². The number of benzene rings is 1. The number of hydrogen-bond donors (Lipinski definition) is 1. The third kappa shape index (κ3) is 4.57. The van der Waals surface area contributed by atoms with E-state index in [0.717, 1.165) is 24.5 Å². The molecule has 0 aliphatic carbocycles. The van der Waals surface area contributed by atoms with Crippen LogP contribution in [-0.4, -0.2) is 11.5 Å². The molecule has 0 bridgehead atoms. The molecule has 2 rings (SSSR count). The predicted octanol–water partition coefficient (Wildman–Crippen LogP) is 4.28. The lowest BCUT2D eigenvalue weighted by atomic mass is 9.91. The van der Waals surface area contributed by atoms with Crippen LogP contribution in [0.1, 0.15) is 39.0 Å². The average molecular weight is 284 g/mol. The summed E-state index contributed by atoms with van der Waals surface area (Å²) in [5.41, 5.74) is 2.24. The Labute approximate surface area is 127 Å². The van der Waals surface area contributed by atoms with Gasteiger partial charge in [0.1, 0.15) is 5.75 Å². The Hall–Kier alpha value is -1.87. The molecule has 0 aliphatic heterocycles. The maximum absolute atomic E-state index is 5.90. The van der Waals surface area contributed by atoms with Crippen molar-refractivity contribution >= 4 is 0 Å². The highest BCUT2D eigenvalue weighted by molar-refractivity contribution is 5.32. The summed E-state index contributed by atoms with van der Waals surface area (Å²) in [6.45, 7) is 10.4. The van der Waals surface area contributed by atoms with Gasteiger partial charge in [-0.3, -0.25) is 0 Å². The molecular weight excluding hydrogens is 260 g/mol. The molecule has 0 amide bonds. The summed E-state index contributed by atoms with van der Waals surface area (Å²) in [5, 5.41) is 3.35. The molecular formula is C18H24N2O. The smallest absolute Gasteiger partial charge is 0.219 e. The highest BCUT2D eigenvalue weighted by Gasteiger charge is 2.17. The second-order valence-electron chi connectivity index (χ2n) is 6.14. The van der Waals surface area contributed by atoms with Crippen LogP contribution in [0.5, 0.6) is 11.6 Å². The molecule has 0 saturated carbocycles. The van der Waals surface area contributed by atoms with Crippen molar-refractivity contribution in [2.75, 3.05) is 6.54 Å². The lowest BCUT2D eigenvalue weighted by molar-refractivity contribution is 0.450. The highest BCUT2D eigenvalue weighted by Crippen LogP contribution is 2.26. The second kappa shape index (κ2) is 6.72. The molecule has 1 N–H and O–H groups in total. The highest BCUT2D eigenvalue weighted by atomic mass is 16.5. The van der Waals surface area contributed by atoms with Gasteiger partial charge in [-0.2, -0.15) is 0 Å². The Bertz CT molecular complexity index is 574. The van der Waals surface area contributed by atoms with Gasteiger partial charge in [0.05, 0.1) is 5.69 Å². The van der Waals surface area contributed by atoms with Crippen LogP contribution in [0.4, 0.5) is 0 Å². The van der Waals surface area contributed by atoms with E-state index in [1.807, 2.05) is 36.4 Å². The van der Waals surface area contributed by atoms with Crippen LogP contribution < -0.4 is 10.1 Å². The molecule has 0 saturated heterocycles. The maximum Gasteiger partial charge on any atom is 0.219 e. The van der Waals surface area contributed by atoms with Crippen molar-refractivity contribution in [3.63, 3.8) is 0 Å². The monoisotopic (exact) mass is 284 g/mol. The third-order valence-corrected chi connectivity index (χ3v) is 3.17. The first-order chi connectivity index (χ1) is 9.99. The molecule has 0 aliphatic rings. The summed E-state index contributed by atoms with van der Waals surface area (Å²) >= 11 is 0. The molecule has 1 aromatic carbocycles. The van der Waals surface area contributed by atoms with E-state index in [2.05, 4.69) is 44.1 Å². The molecule has 1 heterocycles. The zero-order chi connectivity index (χ0) is 15.3. The maximum atomic E-state index is 5.90. The Kier molecular flexibility index (Phi) is 4.97. The van der Waals surface area contributed by atoms with Crippen LogP contribution in [0.2, 0.25) is 0 Å². The summed E-state index contributed by atoms with van der Waals surface area (Å²) in [5.74, 6) is 1.46. The number of nitrogens with one attached hydrogen (secondary N) is 1. The first-order valence-electron chi connectivity index (χ1n) is 7.44. The van der Waals surface area contributed by atoms with Gasteiger partial charge in [-0.15, -0.1) is 0 Å². The van der Waals surface area contributed by atoms with Crippen molar-refractivity contribution in [1.29, 1.82) is 0 Å². The van der Waals surface area contributed by atoms with Gasteiger partial charge in [-0.1, -0.05) is 45.9 Å². The fraction of sp³-hybridized carbons (Fsp3) is 0.389. The van der Waals surface area contributed by atoms with Gasteiger partial charge in [-0.25, -0.2) is 4.98 Å². The normalized spacial score (nSPS) is 11.4. The first-order valence-corrected chi connectivity index (χ1v) is 7.44. The van der Waals surface area contributed by atoms with Crippen molar-refractivity contribution in [3.8, 4) is 11.6 Å². The zero-order valence-electron chi connectivity index (χ0n) is 13.3. The van der Waals surface area contributed by atoms with Crippen LogP contribution in [-0.2, 0) is 12.0 Å². The minimum Gasteiger partial charge on any atom is -0.439 e. The van der Waals surface area contributed by atoms with Crippen molar-refractivity contribution in [1.82, 2.24) is 10.3 Å². The fourth-order valence-electron chi connectivity index (χ4n) is 1.98. The van der Waals surface area contributed by atoms with E-state index in [4.69, 9.17) is 4.74 Å². The van der Waals surface area contributed by atoms with Crippen molar-refractivity contribution < 1.29 is 4.74 Å². The molecule has 1 aromatic heterocycles. The first kappa shape index (κ1) is 15.5. The largest absolute Gasteiger partial charge is 0.439 e. The minimum atomic E-state index is -0.00295. The quantitative estimate of drug-likeness (QED) is 0.889. The molecule has 0 radical (unpaired) electrons. The molecule has 0 fully saturated rings. The van der Waals surface area contributed by atoms with E-state index in [9.17, 15) is 0 Å². The van der Waals surface area contributed by atoms with Gasteiger partial charge in [0.15, 0.2) is 0 Å². The molecule has 0 unspecified atom stereocenters. The zero-order valence-corrected chi connectivity index (χ0v) is 13.3. The lowest BCUT2D eigenvalue weighted by Crippen LogP contribution is -2.17. The van der Waals surface area contributed by atoms with Crippen LogP contribution in [0.15, 0.2) is 42.5 Å². The lowest BCUT2D eigenvalue weighted by Gasteiger charge is -2.20. The number of nitrogens with zero attached hydrogens (tertiary/aromatic N) is 1. The summed E-state index contributed by atoms with van der Waals surface area (Å²) < 4.78 is 5.90.